The molecule has 1 amide bonds. The van der Waals surface area contributed by atoms with Crippen molar-refractivity contribution < 1.29 is 9.90 Å². The first kappa shape index (κ1) is 12.5. The van der Waals surface area contributed by atoms with Gasteiger partial charge in [0, 0.05) is 10.6 Å². The molecule has 0 aromatic heterocycles. The van der Waals surface area contributed by atoms with Gasteiger partial charge in [-0.05, 0) is 24.6 Å². The van der Waals surface area contributed by atoms with Crippen molar-refractivity contribution in [3.05, 3.63) is 53.1 Å². The highest BCUT2D eigenvalue weighted by Gasteiger charge is 2.08. The number of halogens is 1. The third-order valence-electron chi connectivity index (χ3n) is 2.55. The number of anilines is 1. The number of hydrogen-bond acceptors (Lipinski definition) is 1. The van der Waals surface area contributed by atoms with Crippen molar-refractivity contribution in [3.8, 4) is 11.1 Å². The molecule has 18 heavy (non-hydrogen) atoms. The molecule has 0 saturated carbocycles. The van der Waals surface area contributed by atoms with Gasteiger partial charge in [-0.1, -0.05) is 47.5 Å². The Morgan fingerprint density at radius 2 is 2.00 bits per heavy atom. The standard InChI is InChI=1S/C14H12ClNO2/c1-9-3-2-4-10(7-9)12-6-5-11(15)8-13(12)16-14(17)18/h2-8,16H,1H3,(H,17,18). The van der Waals surface area contributed by atoms with E-state index in [1.54, 1.807) is 12.1 Å². The van der Waals surface area contributed by atoms with Gasteiger partial charge < -0.3 is 5.11 Å². The van der Waals surface area contributed by atoms with Crippen molar-refractivity contribution >= 4 is 23.4 Å². The molecule has 92 valence electrons. The van der Waals surface area contributed by atoms with Gasteiger partial charge in [0.05, 0.1) is 5.69 Å². The van der Waals surface area contributed by atoms with Crippen molar-refractivity contribution in [1.82, 2.24) is 0 Å². The second-order valence-corrected chi connectivity index (χ2v) is 4.43. The Bertz CT molecular complexity index is 596. The second-order valence-electron chi connectivity index (χ2n) is 3.99. The highest BCUT2D eigenvalue weighted by atomic mass is 35.5. The summed E-state index contributed by atoms with van der Waals surface area (Å²) in [6.45, 7) is 1.99. The Kier molecular flexibility index (Phi) is 3.53. The first-order valence-corrected chi connectivity index (χ1v) is 5.80. The molecule has 2 aromatic rings. The first-order valence-electron chi connectivity index (χ1n) is 5.43. The van der Waals surface area contributed by atoms with E-state index in [0.29, 0.717) is 10.7 Å². The largest absolute Gasteiger partial charge is 0.465 e. The van der Waals surface area contributed by atoms with Crippen LogP contribution >= 0.6 is 11.6 Å². The molecule has 0 aliphatic rings. The molecule has 2 rings (SSSR count). The molecular weight excluding hydrogens is 250 g/mol. The maximum absolute atomic E-state index is 10.8. The molecule has 0 aliphatic carbocycles. The van der Waals surface area contributed by atoms with Gasteiger partial charge in [0.1, 0.15) is 0 Å². The van der Waals surface area contributed by atoms with E-state index in [1.165, 1.54) is 0 Å². The summed E-state index contributed by atoms with van der Waals surface area (Å²) in [6.07, 6.45) is -1.11. The molecular formula is C14H12ClNO2. The lowest BCUT2D eigenvalue weighted by Gasteiger charge is -2.10. The summed E-state index contributed by atoms with van der Waals surface area (Å²) >= 11 is 5.89. The molecule has 0 spiro atoms. The Morgan fingerprint density at radius 3 is 2.67 bits per heavy atom. The maximum atomic E-state index is 10.8. The van der Waals surface area contributed by atoms with Crippen LogP contribution in [0.3, 0.4) is 0 Å². The third-order valence-corrected chi connectivity index (χ3v) is 2.79. The van der Waals surface area contributed by atoms with Crippen LogP contribution in [-0.4, -0.2) is 11.2 Å². The number of hydrogen-bond donors (Lipinski definition) is 2. The topological polar surface area (TPSA) is 49.3 Å². The van der Waals surface area contributed by atoms with Crippen molar-refractivity contribution in [1.29, 1.82) is 0 Å². The van der Waals surface area contributed by atoms with Crippen molar-refractivity contribution in [3.63, 3.8) is 0 Å². The highest BCUT2D eigenvalue weighted by molar-refractivity contribution is 6.31. The van der Waals surface area contributed by atoms with Crippen LogP contribution in [0.15, 0.2) is 42.5 Å². The van der Waals surface area contributed by atoms with Crippen LogP contribution in [0.25, 0.3) is 11.1 Å². The Morgan fingerprint density at radius 1 is 1.22 bits per heavy atom. The quantitative estimate of drug-likeness (QED) is 0.841. The molecule has 0 fully saturated rings. The van der Waals surface area contributed by atoms with E-state index in [0.717, 1.165) is 16.7 Å². The van der Waals surface area contributed by atoms with Crippen molar-refractivity contribution in [2.24, 2.45) is 0 Å². The summed E-state index contributed by atoms with van der Waals surface area (Å²) in [7, 11) is 0. The summed E-state index contributed by atoms with van der Waals surface area (Å²) in [6, 6.07) is 13.0. The van der Waals surface area contributed by atoms with Gasteiger partial charge in [-0.15, -0.1) is 0 Å². The zero-order chi connectivity index (χ0) is 13.1. The number of benzene rings is 2. The molecule has 0 saturated heterocycles. The van der Waals surface area contributed by atoms with Gasteiger partial charge in [0.15, 0.2) is 0 Å². The number of amides is 1. The van der Waals surface area contributed by atoms with Gasteiger partial charge in [-0.25, -0.2) is 4.79 Å². The molecule has 3 nitrogen and oxygen atoms in total. The average Bonchev–Trinajstić information content (AvgIpc) is 2.28. The van der Waals surface area contributed by atoms with Crippen LogP contribution in [0.5, 0.6) is 0 Å². The molecule has 0 radical (unpaired) electrons. The fourth-order valence-electron chi connectivity index (χ4n) is 1.80. The van der Waals surface area contributed by atoms with E-state index >= 15 is 0 Å². The molecule has 0 bridgehead atoms. The smallest absolute Gasteiger partial charge is 0.409 e. The van der Waals surface area contributed by atoms with E-state index < -0.39 is 6.09 Å². The molecule has 0 heterocycles. The maximum Gasteiger partial charge on any atom is 0.409 e. The van der Waals surface area contributed by atoms with Crippen LogP contribution in [0.2, 0.25) is 5.02 Å². The van der Waals surface area contributed by atoms with Crippen molar-refractivity contribution in [2.75, 3.05) is 5.32 Å². The SMILES string of the molecule is Cc1cccc(-c2ccc(Cl)cc2NC(=O)O)c1. The lowest BCUT2D eigenvalue weighted by molar-refractivity contribution is 0.210. The average molecular weight is 262 g/mol. The summed E-state index contributed by atoms with van der Waals surface area (Å²) in [5.74, 6) is 0. The molecule has 2 aromatic carbocycles. The van der Waals surface area contributed by atoms with Crippen LogP contribution < -0.4 is 5.32 Å². The van der Waals surface area contributed by atoms with Gasteiger partial charge in [-0.3, -0.25) is 5.32 Å². The van der Waals surface area contributed by atoms with E-state index in [9.17, 15) is 4.79 Å². The lowest BCUT2D eigenvalue weighted by Crippen LogP contribution is -2.08. The second kappa shape index (κ2) is 5.10. The first-order chi connectivity index (χ1) is 8.56. The lowest BCUT2D eigenvalue weighted by atomic mass is 10.0. The van der Waals surface area contributed by atoms with E-state index in [1.807, 2.05) is 37.3 Å². The highest BCUT2D eigenvalue weighted by Crippen LogP contribution is 2.31. The van der Waals surface area contributed by atoms with E-state index in [4.69, 9.17) is 16.7 Å². The zero-order valence-corrected chi connectivity index (χ0v) is 10.5. The van der Waals surface area contributed by atoms with Gasteiger partial charge in [-0.2, -0.15) is 0 Å². The summed E-state index contributed by atoms with van der Waals surface area (Å²) in [5, 5.41) is 11.7. The number of nitrogens with one attached hydrogen (secondary N) is 1. The summed E-state index contributed by atoms with van der Waals surface area (Å²) in [4.78, 5) is 10.8. The third kappa shape index (κ3) is 2.81. The number of aryl methyl sites for hydroxylation is 1. The monoisotopic (exact) mass is 261 g/mol. The fourth-order valence-corrected chi connectivity index (χ4v) is 1.97. The minimum Gasteiger partial charge on any atom is -0.465 e. The molecule has 0 unspecified atom stereocenters. The predicted molar refractivity (Wildman–Crippen MR) is 73.3 cm³/mol. The van der Waals surface area contributed by atoms with Crippen LogP contribution in [-0.2, 0) is 0 Å². The van der Waals surface area contributed by atoms with Crippen molar-refractivity contribution in [2.45, 2.75) is 6.92 Å². The van der Waals surface area contributed by atoms with E-state index in [-0.39, 0.29) is 0 Å². The Balaban J connectivity index is 2.52. The normalized spacial score (nSPS) is 10.1. The molecule has 4 heteroatoms. The number of carbonyl (C=O) groups is 1. The minimum atomic E-state index is -1.11. The Hall–Kier alpha value is -2.00. The Labute approximate surface area is 110 Å². The zero-order valence-electron chi connectivity index (χ0n) is 9.77. The molecule has 2 N–H and O–H groups in total. The molecule has 0 aliphatic heterocycles. The van der Waals surface area contributed by atoms with Gasteiger partial charge >= 0.3 is 6.09 Å². The van der Waals surface area contributed by atoms with Gasteiger partial charge in [0.25, 0.3) is 0 Å². The van der Waals surface area contributed by atoms with E-state index in [2.05, 4.69) is 5.32 Å². The fraction of sp³-hybridized carbons (Fsp3) is 0.0714. The van der Waals surface area contributed by atoms with Gasteiger partial charge in [0.2, 0.25) is 0 Å². The number of carboxylic acid groups (broad SMARTS) is 1. The predicted octanol–water partition coefficient (Wildman–Crippen LogP) is 4.41. The minimum absolute atomic E-state index is 0.487. The van der Waals surface area contributed by atoms with Crippen LogP contribution in [0.1, 0.15) is 5.56 Å². The summed E-state index contributed by atoms with van der Waals surface area (Å²) < 4.78 is 0. The number of rotatable bonds is 2. The van der Waals surface area contributed by atoms with Crippen LogP contribution in [0, 0.1) is 6.92 Å². The summed E-state index contributed by atoms with van der Waals surface area (Å²) in [5.41, 5.74) is 3.37. The molecule has 0 atom stereocenters. The van der Waals surface area contributed by atoms with Crippen LogP contribution in [0.4, 0.5) is 10.5 Å².